The van der Waals surface area contributed by atoms with Gasteiger partial charge in [0.15, 0.2) is 0 Å². The van der Waals surface area contributed by atoms with E-state index in [-0.39, 0.29) is 0 Å². The summed E-state index contributed by atoms with van der Waals surface area (Å²) < 4.78 is 0. The molecule has 0 aromatic rings. The molecule has 0 saturated carbocycles. The molecule has 0 aliphatic heterocycles. The van der Waals surface area contributed by atoms with Gasteiger partial charge in [-0.1, -0.05) is 0 Å². The van der Waals surface area contributed by atoms with Gasteiger partial charge >= 0.3 is 73.0 Å². The first-order valence-electron chi connectivity index (χ1n) is 1.69. The van der Waals surface area contributed by atoms with Crippen LogP contribution in [0.5, 0.6) is 0 Å². The molecule has 3 nitrogen and oxygen atoms in total. The third-order valence-corrected chi connectivity index (χ3v) is 7.31. The van der Waals surface area contributed by atoms with Gasteiger partial charge < -0.3 is 0 Å². The molecule has 0 saturated heterocycles. The van der Waals surface area contributed by atoms with Gasteiger partial charge in [0.2, 0.25) is 0 Å². The summed E-state index contributed by atoms with van der Waals surface area (Å²) in [4.78, 5) is 0. The van der Waals surface area contributed by atoms with Gasteiger partial charge in [-0.05, 0) is 0 Å². The van der Waals surface area contributed by atoms with Crippen LogP contribution in [0.25, 0.3) is 0 Å². The van der Waals surface area contributed by atoms with Crippen molar-refractivity contribution in [2.75, 3.05) is 0 Å². The molecular formula is C3CoN3S3. The van der Waals surface area contributed by atoms with Crippen LogP contribution in [0, 0.1) is 32.0 Å². The van der Waals surface area contributed by atoms with Gasteiger partial charge in [0.1, 0.15) is 0 Å². The molecule has 0 bridgehead atoms. The Bertz CT molecular complexity index is 172. The van der Waals surface area contributed by atoms with Gasteiger partial charge in [0.05, 0.1) is 0 Å². The number of hydrogen-bond donors (Lipinski definition) is 0. The van der Waals surface area contributed by atoms with E-state index in [9.17, 15) is 0 Å². The first-order chi connectivity index (χ1) is 4.85. The van der Waals surface area contributed by atoms with Gasteiger partial charge in [0, 0.05) is 0 Å². The number of thiocyanates is 3. The van der Waals surface area contributed by atoms with Crippen LogP contribution in [0.2, 0.25) is 0 Å². The third kappa shape index (κ3) is 4.86. The van der Waals surface area contributed by atoms with Crippen molar-refractivity contribution in [2.45, 2.75) is 0 Å². The van der Waals surface area contributed by atoms with Gasteiger partial charge in [0.25, 0.3) is 0 Å². The van der Waals surface area contributed by atoms with Crippen LogP contribution >= 0.6 is 30.7 Å². The van der Waals surface area contributed by atoms with Crippen molar-refractivity contribution < 1.29 is 10.3 Å². The molecule has 10 heavy (non-hydrogen) atoms. The van der Waals surface area contributed by atoms with E-state index < -0.39 is 10.3 Å². The zero-order valence-corrected chi connectivity index (χ0v) is 7.89. The molecule has 0 atom stereocenters. The van der Waals surface area contributed by atoms with Gasteiger partial charge in [-0.15, -0.1) is 0 Å². The van der Waals surface area contributed by atoms with Crippen molar-refractivity contribution in [3.63, 3.8) is 0 Å². The summed E-state index contributed by atoms with van der Waals surface area (Å²) in [5, 5.41) is 30.0. The maximum absolute atomic E-state index is 8.17. The van der Waals surface area contributed by atoms with E-state index in [2.05, 4.69) is 0 Å². The minimum absolute atomic E-state index is 0.873. The van der Waals surface area contributed by atoms with Crippen LogP contribution in [0.1, 0.15) is 0 Å². The Morgan fingerprint density at radius 3 is 1.30 bits per heavy atom. The van der Waals surface area contributed by atoms with Crippen LogP contribution in [0.3, 0.4) is 0 Å². The summed E-state index contributed by atoms with van der Waals surface area (Å²) in [6.45, 7) is 0. The normalized spacial score (nSPS) is 8.70. The third-order valence-electron chi connectivity index (χ3n) is 0.258. The fraction of sp³-hybridized carbons (Fsp3) is 0. The summed E-state index contributed by atoms with van der Waals surface area (Å²) in [7, 11) is 2.05. The molecule has 0 heterocycles. The van der Waals surface area contributed by atoms with E-state index in [1.165, 1.54) is 0 Å². The molecule has 0 N–H and O–H groups in total. The average molecular weight is 233 g/mol. The Labute approximate surface area is 72.8 Å². The van der Waals surface area contributed by atoms with Crippen molar-refractivity contribution >= 4 is 30.7 Å². The Balaban J connectivity index is 3.68. The van der Waals surface area contributed by atoms with Crippen molar-refractivity contribution in [2.24, 2.45) is 0 Å². The molecule has 0 aromatic carbocycles. The molecule has 0 unspecified atom stereocenters. The second-order valence-corrected chi connectivity index (χ2v) is 9.53. The van der Waals surface area contributed by atoms with E-state index in [0.29, 0.717) is 0 Å². The van der Waals surface area contributed by atoms with Crippen LogP contribution < -0.4 is 0 Å². The van der Waals surface area contributed by atoms with Crippen molar-refractivity contribution in [1.82, 2.24) is 0 Å². The molecule has 0 spiro atoms. The second-order valence-electron chi connectivity index (χ2n) is 0.645. The Kier molecular flexibility index (Phi) is 7.16. The number of rotatable bonds is 3. The molecule has 7 heteroatoms. The average Bonchev–Trinajstić information content (AvgIpc) is 1.90. The Morgan fingerprint density at radius 1 is 0.800 bits per heavy atom. The zero-order chi connectivity index (χ0) is 7.82. The van der Waals surface area contributed by atoms with Crippen LogP contribution in [0.4, 0.5) is 0 Å². The molecule has 54 valence electrons. The molecule has 0 aliphatic rings. The minimum atomic E-state index is -0.873. The fourth-order valence-electron chi connectivity index (χ4n) is 0.116. The van der Waals surface area contributed by atoms with Crippen molar-refractivity contribution in [1.29, 1.82) is 15.8 Å². The molecule has 0 amide bonds. The predicted molar refractivity (Wildman–Crippen MR) is 39.6 cm³/mol. The number of hydrogen-bond acceptors (Lipinski definition) is 6. The molecule has 0 fully saturated rings. The molecular weight excluding hydrogens is 233 g/mol. The van der Waals surface area contributed by atoms with E-state index in [1.807, 2.05) is 16.2 Å². The van der Waals surface area contributed by atoms with Gasteiger partial charge in [-0.2, -0.15) is 0 Å². The van der Waals surface area contributed by atoms with Crippen molar-refractivity contribution in [3.8, 4) is 16.2 Å². The number of nitrogens with zero attached hydrogens (tertiary/aromatic N) is 3. The Hall–Kier alpha value is 0.0265. The van der Waals surface area contributed by atoms with Crippen molar-refractivity contribution in [3.05, 3.63) is 0 Å². The van der Waals surface area contributed by atoms with E-state index in [1.54, 1.807) is 0 Å². The van der Waals surface area contributed by atoms with Crippen LogP contribution in [-0.4, -0.2) is 0 Å². The van der Waals surface area contributed by atoms with Gasteiger partial charge in [-0.25, -0.2) is 0 Å². The van der Waals surface area contributed by atoms with Crippen LogP contribution in [0.15, 0.2) is 0 Å². The zero-order valence-electron chi connectivity index (χ0n) is 4.40. The fourth-order valence-corrected chi connectivity index (χ4v) is 4.31. The summed E-state index contributed by atoms with van der Waals surface area (Å²) in [5.74, 6) is 0. The Morgan fingerprint density at radius 2 is 1.10 bits per heavy atom. The van der Waals surface area contributed by atoms with E-state index in [4.69, 9.17) is 15.8 Å². The quantitative estimate of drug-likeness (QED) is 0.694. The maximum atomic E-state index is 8.17. The summed E-state index contributed by atoms with van der Waals surface area (Å²) >= 11 is 0. The first kappa shape index (κ1) is 10.0. The molecule has 0 rings (SSSR count). The topological polar surface area (TPSA) is 71.4 Å². The summed E-state index contributed by atoms with van der Waals surface area (Å²) in [6.07, 6.45) is 0. The molecule has 0 radical (unpaired) electrons. The van der Waals surface area contributed by atoms with Crippen LogP contribution in [-0.2, 0) is 10.3 Å². The van der Waals surface area contributed by atoms with E-state index >= 15 is 0 Å². The first-order valence-corrected chi connectivity index (χ1v) is 7.56. The molecule has 0 aliphatic carbocycles. The standard InChI is InChI=1S/3CHNS.Co/c3*2-1-3;/h3*3H;/q;;;+3/p-3. The monoisotopic (exact) mass is 233 g/mol. The van der Waals surface area contributed by atoms with Gasteiger partial charge in [-0.3, -0.25) is 0 Å². The summed E-state index contributed by atoms with van der Waals surface area (Å²) in [5.41, 5.74) is 0. The number of nitriles is 3. The second kappa shape index (κ2) is 7.14. The van der Waals surface area contributed by atoms with E-state index in [0.717, 1.165) is 30.7 Å². The predicted octanol–water partition coefficient (Wildman–Crippen LogP) is 1.99. The molecule has 0 aromatic heterocycles. The SMILES string of the molecule is N#C[S][Co]([S]C#N)[S]C#N. The summed E-state index contributed by atoms with van der Waals surface area (Å²) in [6, 6.07) is 0.